The van der Waals surface area contributed by atoms with Gasteiger partial charge in [-0.05, 0) is 129 Å². The van der Waals surface area contributed by atoms with Crippen molar-refractivity contribution in [3.8, 4) is 39.1 Å². The Bertz CT molecular complexity index is 2940. The lowest BCUT2D eigenvalue weighted by atomic mass is 9.86. The first-order valence-corrected chi connectivity index (χ1v) is 20.5. The number of nitrogens with zero attached hydrogens (tertiary/aromatic N) is 2. The van der Waals surface area contributed by atoms with Gasteiger partial charge in [-0.15, -0.1) is 0 Å². The van der Waals surface area contributed by atoms with Crippen LogP contribution in [0, 0.1) is 0 Å². The lowest BCUT2D eigenvalue weighted by Gasteiger charge is -2.26. The van der Waals surface area contributed by atoms with Crippen molar-refractivity contribution in [3.05, 3.63) is 218 Å². The fourth-order valence-corrected chi connectivity index (χ4v) is 8.30. The highest BCUT2D eigenvalue weighted by Crippen LogP contribution is 2.39. The topological polar surface area (TPSA) is 8.17 Å². The van der Waals surface area contributed by atoms with Crippen molar-refractivity contribution >= 4 is 50.9 Å². The summed E-state index contributed by atoms with van der Waals surface area (Å²) in [5.74, 6) is 0. The largest absolute Gasteiger partial charge is 0.311 e. The van der Waals surface area contributed by atoms with Gasteiger partial charge < -0.3 is 9.47 Å². The molecule has 2 nitrogen and oxygen atoms in total. The van der Waals surface area contributed by atoms with E-state index in [9.17, 15) is 0 Å². The zero-order valence-electron chi connectivity index (χ0n) is 34.2. The number of aromatic nitrogens is 1. The fourth-order valence-electron chi connectivity index (χ4n) is 8.30. The van der Waals surface area contributed by atoms with Crippen LogP contribution in [-0.4, -0.2) is 4.57 Å². The van der Waals surface area contributed by atoms with Gasteiger partial charge in [-0.2, -0.15) is 0 Å². The maximum atomic E-state index is 4.22. The molecular formula is C57H48N2. The monoisotopic (exact) mass is 760 g/mol. The summed E-state index contributed by atoms with van der Waals surface area (Å²) in [7, 11) is 0. The summed E-state index contributed by atoms with van der Waals surface area (Å²) in [5.41, 5.74) is 16.4. The summed E-state index contributed by atoms with van der Waals surface area (Å²) in [6.07, 6.45) is 6.24. The summed E-state index contributed by atoms with van der Waals surface area (Å²) >= 11 is 0. The van der Waals surface area contributed by atoms with Gasteiger partial charge in [0.25, 0.3) is 0 Å². The van der Waals surface area contributed by atoms with Crippen LogP contribution in [0.1, 0.15) is 44.5 Å². The third-order valence-corrected chi connectivity index (χ3v) is 11.5. The lowest BCUT2D eigenvalue weighted by molar-refractivity contribution is 0.590. The quantitative estimate of drug-likeness (QED) is 0.142. The van der Waals surface area contributed by atoms with E-state index < -0.39 is 0 Å². The third-order valence-electron chi connectivity index (χ3n) is 11.5. The van der Waals surface area contributed by atoms with Crippen molar-refractivity contribution in [1.29, 1.82) is 0 Å². The molecule has 0 aliphatic carbocycles. The minimum atomic E-state index is 0.117. The molecule has 1 aromatic heterocycles. The Morgan fingerprint density at radius 2 is 0.949 bits per heavy atom. The van der Waals surface area contributed by atoms with Crippen molar-refractivity contribution in [3.63, 3.8) is 0 Å². The molecule has 0 unspecified atom stereocenters. The molecule has 286 valence electrons. The van der Waals surface area contributed by atoms with Crippen LogP contribution < -0.4 is 4.90 Å². The van der Waals surface area contributed by atoms with Gasteiger partial charge in [-0.25, -0.2) is 0 Å². The van der Waals surface area contributed by atoms with Crippen molar-refractivity contribution in [2.45, 2.75) is 33.1 Å². The van der Waals surface area contributed by atoms with Crippen LogP contribution in [0.15, 0.2) is 201 Å². The maximum Gasteiger partial charge on any atom is 0.0541 e. The van der Waals surface area contributed by atoms with E-state index in [-0.39, 0.29) is 5.41 Å². The van der Waals surface area contributed by atoms with Gasteiger partial charge in [0.1, 0.15) is 0 Å². The fraction of sp³-hybridized carbons (Fsp3) is 0.0877. The van der Waals surface area contributed by atoms with E-state index in [0.717, 1.165) is 34.0 Å². The lowest BCUT2D eigenvalue weighted by Crippen LogP contribution is -2.10. The summed E-state index contributed by atoms with van der Waals surface area (Å²) in [4.78, 5) is 2.34. The molecule has 59 heavy (non-hydrogen) atoms. The molecule has 0 saturated carbocycles. The molecule has 9 rings (SSSR count). The molecule has 0 aliphatic heterocycles. The molecule has 0 amide bonds. The van der Waals surface area contributed by atoms with Gasteiger partial charge in [-0.3, -0.25) is 0 Å². The maximum absolute atomic E-state index is 4.22. The highest BCUT2D eigenvalue weighted by molar-refractivity contribution is 5.95. The van der Waals surface area contributed by atoms with Crippen molar-refractivity contribution in [2.75, 3.05) is 4.90 Å². The van der Waals surface area contributed by atoms with Gasteiger partial charge in [0.05, 0.1) is 11.2 Å². The van der Waals surface area contributed by atoms with Crippen molar-refractivity contribution in [2.24, 2.45) is 0 Å². The molecule has 0 saturated heterocycles. The first-order chi connectivity index (χ1) is 28.8. The second-order valence-electron chi connectivity index (χ2n) is 16.3. The Morgan fingerprint density at radius 3 is 1.49 bits per heavy atom. The van der Waals surface area contributed by atoms with E-state index in [1.807, 2.05) is 6.08 Å². The van der Waals surface area contributed by atoms with E-state index >= 15 is 0 Å². The smallest absolute Gasteiger partial charge is 0.0541 e. The van der Waals surface area contributed by atoms with Crippen LogP contribution in [0.4, 0.5) is 17.1 Å². The molecule has 0 radical (unpaired) electrons. The molecule has 1 heterocycles. The van der Waals surface area contributed by atoms with Gasteiger partial charge in [-0.1, -0.05) is 167 Å². The normalized spacial score (nSPS) is 11.7. The molecule has 8 aromatic carbocycles. The van der Waals surface area contributed by atoms with Gasteiger partial charge in [0.15, 0.2) is 0 Å². The van der Waals surface area contributed by atoms with Crippen LogP contribution in [-0.2, 0) is 5.41 Å². The minimum Gasteiger partial charge on any atom is -0.311 e. The second kappa shape index (κ2) is 15.6. The summed E-state index contributed by atoms with van der Waals surface area (Å²) < 4.78 is 2.31. The Morgan fingerprint density at radius 1 is 0.492 bits per heavy atom. The average Bonchev–Trinajstić information content (AvgIpc) is 3.60. The number of hydrogen-bond acceptors (Lipinski definition) is 1. The van der Waals surface area contributed by atoms with E-state index in [1.54, 1.807) is 0 Å². The molecule has 0 N–H and O–H groups in total. The number of hydrogen-bond donors (Lipinski definition) is 0. The van der Waals surface area contributed by atoms with Crippen molar-refractivity contribution in [1.82, 2.24) is 4.57 Å². The van der Waals surface area contributed by atoms with E-state index in [0.29, 0.717) is 0 Å². The van der Waals surface area contributed by atoms with E-state index in [1.165, 1.54) is 60.7 Å². The van der Waals surface area contributed by atoms with E-state index in [4.69, 9.17) is 0 Å². The third kappa shape index (κ3) is 7.31. The predicted octanol–water partition coefficient (Wildman–Crippen LogP) is 16.2. The number of rotatable bonds is 9. The van der Waals surface area contributed by atoms with Crippen LogP contribution in [0.3, 0.4) is 0 Å². The average molecular weight is 761 g/mol. The molecule has 0 aliphatic rings. The van der Waals surface area contributed by atoms with Crippen LogP contribution in [0.25, 0.3) is 72.9 Å². The minimum absolute atomic E-state index is 0.117. The first-order valence-electron chi connectivity index (χ1n) is 20.5. The van der Waals surface area contributed by atoms with Gasteiger partial charge >= 0.3 is 0 Å². The second-order valence-corrected chi connectivity index (χ2v) is 16.3. The first kappa shape index (κ1) is 37.4. The molecular weight excluding hydrogens is 713 g/mol. The number of para-hydroxylation sites is 1. The zero-order chi connectivity index (χ0) is 40.5. The highest BCUT2D eigenvalue weighted by Gasteiger charge is 2.18. The van der Waals surface area contributed by atoms with Gasteiger partial charge in [0.2, 0.25) is 0 Å². The number of fused-ring (bicyclic) bond motifs is 2. The summed E-state index contributed by atoms with van der Waals surface area (Å²) in [6.45, 7) is 13.1. The SMILES string of the molecule is C=Cc1c(/C=C\C)c2ccccc2n1-c1ccc(N(c2ccc(-c3ccc(-c4ccc5ccccc5c4)cc3)cc2)c2ccc(-c3ccc(C(C)(C)C)cc3)cc2)cc1. The molecule has 9 aromatic rings. The molecule has 0 atom stereocenters. The highest BCUT2D eigenvalue weighted by atomic mass is 15.1. The molecule has 0 bridgehead atoms. The Balaban J connectivity index is 1.06. The summed E-state index contributed by atoms with van der Waals surface area (Å²) in [6, 6.07) is 68.5. The Hall–Kier alpha value is -7.16. The number of allylic oxidation sites excluding steroid dienone is 1. The van der Waals surface area contributed by atoms with Crippen LogP contribution in [0.5, 0.6) is 0 Å². The van der Waals surface area contributed by atoms with Crippen LogP contribution in [0.2, 0.25) is 0 Å². The Labute approximate surface area is 348 Å². The zero-order valence-corrected chi connectivity index (χ0v) is 34.2. The Kier molecular flexibility index (Phi) is 9.92. The predicted molar refractivity (Wildman–Crippen MR) is 255 cm³/mol. The van der Waals surface area contributed by atoms with Crippen LogP contribution >= 0.6 is 0 Å². The molecule has 2 heteroatoms. The molecule has 0 fully saturated rings. The number of benzene rings is 8. The van der Waals surface area contributed by atoms with E-state index in [2.05, 4.69) is 244 Å². The van der Waals surface area contributed by atoms with Crippen molar-refractivity contribution < 1.29 is 0 Å². The number of anilines is 3. The summed E-state index contributed by atoms with van der Waals surface area (Å²) in [5, 5.41) is 3.73. The standard InChI is InChI=1S/C57H48N2/c1-6-12-53-54-15-10-11-16-56(54)59(55(53)7-2)52-37-35-51(36-38-52)58(50-33-27-44(28-34-50)42-23-29-48(30-24-42)57(3,4)5)49-31-25-43(26-32-49)41-17-19-45(20-18-41)47-22-21-40-13-8-9-14-46(40)39-47/h6-39H,2H2,1,3-5H3/b12-6-. The molecule has 0 spiro atoms. The van der Waals surface area contributed by atoms with Gasteiger partial charge in [0, 0.05) is 33.7 Å².